The van der Waals surface area contributed by atoms with E-state index in [0.29, 0.717) is 5.95 Å². The van der Waals surface area contributed by atoms with Crippen LogP contribution in [0.5, 0.6) is 0 Å². The van der Waals surface area contributed by atoms with E-state index in [1.54, 1.807) is 6.20 Å². The van der Waals surface area contributed by atoms with Crippen molar-refractivity contribution in [3.63, 3.8) is 0 Å². The summed E-state index contributed by atoms with van der Waals surface area (Å²) in [7, 11) is 0. The molecule has 3 heteroatoms. The fourth-order valence-electron chi connectivity index (χ4n) is 1.58. The minimum absolute atomic E-state index is 0.687. The molecule has 0 aliphatic carbocycles. The van der Waals surface area contributed by atoms with E-state index >= 15 is 0 Å². The average molecular weight is 201 g/mol. The molecule has 0 spiro atoms. The van der Waals surface area contributed by atoms with Crippen molar-refractivity contribution >= 4 is 5.95 Å². The van der Waals surface area contributed by atoms with E-state index in [0.717, 1.165) is 24.2 Å². The standard InChI is InChI=1S/C12H15N3/c1-3-10-8-9(2)4-5-11-6-7-13-12(14-10)15-11/h3,6-8H,4-5H2,1-2H3,(H,13,14,15)/b9-8+,10-3+. The summed E-state index contributed by atoms with van der Waals surface area (Å²) in [5, 5.41) is 3.20. The minimum Gasteiger partial charge on any atom is -0.324 e. The first kappa shape index (κ1) is 9.90. The van der Waals surface area contributed by atoms with Crippen molar-refractivity contribution in [2.45, 2.75) is 26.7 Å². The first-order valence-corrected chi connectivity index (χ1v) is 5.20. The molecule has 1 aromatic rings. The lowest BCUT2D eigenvalue weighted by molar-refractivity contribution is 0.896. The van der Waals surface area contributed by atoms with Gasteiger partial charge in [-0.25, -0.2) is 9.97 Å². The molecule has 0 atom stereocenters. The van der Waals surface area contributed by atoms with Crippen LogP contribution in [0, 0.1) is 0 Å². The monoisotopic (exact) mass is 201 g/mol. The maximum absolute atomic E-state index is 4.43. The largest absolute Gasteiger partial charge is 0.324 e. The van der Waals surface area contributed by atoms with Crippen LogP contribution >= 0.6 is 0 Å². The van der Waals surface area contributed by atoms with Crippen LogP contribution in [0.4, 0.5) is 5.95 Å². The summed E-state index contributed by atoms with van der Waals surface area (Å²) in [6.07, 6.45) is 8.02. The van der Waals surface area contributed by atoms with Gasteiger partial charge in [0.05, 0.1) is 0 Å². The van der Waals surface area contributed by atoms with E-state index in [2.05, 4.69) is 28.3 Å². The van der Waals surface area contributed by atoms with Gasteiger partial charge in [0.15, 0.2) is 0 Å². The zero-order valence-electron chi connectivity index (χ0n) is 9.12. The van der Waals surface area contributed by atoms with Gasteiger partial charge in [0.1, 0.15) is 0 Å². The van der Waals surface area contributed by atoms with Gasteiger partial charge < -0.3 is 5.32 Å². The molecule has 3 nitrogen and oxygen atoms in total. The van der Waals surface area contributed by atoms with Crippen molar-refractivity contribution in [1.82, 2.24) is 9.97 Å². The summed E-state index contributed by atoms with van der Waals surface area (Å²) in [6.45, 7) is 4.15. The molecule has 1 aromatic heterocycles. The van der Waals surface area contributed by atoms with Crippen LogP contribution in [-0.2, 0) is 6.42 Å². The van der Waals surface area contributed by atoms with Gasteiger partial charge in [-0.2, -0.15) is 0 Å². The summed E-state index contributed by atoms with van der Waals surface area (Å²) >= 11 is 0. The van der Waals surface area contributed by atoms with Gasteiger partial charge in [-0.3, -0.25) is 0 Å². The SMILES string of the molecule is C/C=C1\C=C(/C)CCc2ccnc(n2)N1. The number of aryl methyl sites for hydroxylation is 1. The number of nitrogens with one attached hydrogen (secondary N) is 1. The second-order valence-electron chi connectivity index (χ2n) is 3.73. The van der Waals surface area contributed by atoms with Gasteiger partial charge in [-0.15, -0.1) is 0 Å². The van der Waals surface area contributed by atoms with E-state index in [9.17, 15) is 0 Å². The highest BCUT2D eigenvalue weighted by molar-refractivity contribution is 5.41. The molecule has 1 aliphatic rings. The molecule has 15 heavy (non-hydrogen) atoms. The number of rotatable bonds is 0. The molecule has 1 aliphatic heterocycles. The Labute approximate surface area is 90.0 Å². The fraction of sp³-hybridized carbons (Fsp3) is 0.333. The lowest BCUT2D eigenvalue weighted by Crippen LogP contribution is -2.02. The lowest BCUT2D eigenvalue weighted by atomic mass is 10.1. The van der Waals surface area contributed by atoms with Crippen molar-refractivity contribution in [2.75, 3.05) is 5.32 Å². The molecule has 0 fully saturated rings. The Bertz CT molecular complexity index is 419. The topological polar surface area (TPSA) is 37.8 Å². The van der Waals surface area contributed by atoms with Crippen LogP contribution < -0.4 is 5.32 Å². The number of allylic oxidation sites excluding steroid dienone is 3. The van der Waals surface area contributed by atoms with Crippen LogP contribution in [0.3, 0.4) is 0 Å². The van der Waals surface area contributed by atoms with E-state index in [-0.39, 0.29) is 0 Å². The summed E-state index contributed by atoms with van der Waals surface area (Å²) in [5.74, 6) is 0.687. The Hall–Kier alpha value is -1.64. The molecular weight excluding hydrogens is 186 g/mol. The Morgan fingerprint density at radius 3 is 3.07 bits per heavy atom. The number of anilines is 1. The van der Waals surface area contributed by atoms with Gasteiger partial charge in [-0.1, -0.05) is 11.6 Å². The third kappa shape index (κ3) is 2.43. The quantitative estimate of drug-likeness (QED) is 0.701. The maximum Gasteiger partial charge on any atom is 0.227 e. The third-order valence-electron chi connectivity index (χ3n) is 2.46. The predicted molar refractivity (Wildman–Crippen MR) is 61.5 cm³/mol. The van der Waals surface area contributed by atoms with Crippen LogP contribution in [0.2, 0.25) is 0 Å². The normalized spacial score (nSPS) is 22.0. The zero-order chi connectivity index (χ0) is 10.7. The second kappa shape index (κ2) is 4.26. The fourth-order valence-corrected chi connectivity index (χ4v) is 1.58. The van der Waals surface area contributed by atoms with Gasteiger partial charge in [0.25, 0.3) is 0 Å². The number of hydrogen-bond acceptors (Lipinski definition) is 3. The smallest absolute Gasteiger partial charge is 0.227 e. The Morgan fingerprint density at radius 1 is 1.40 bits per heavy atom. The number of fused-ring (bicyclic) bond motifs is 2. The molecule has 0 saturated heterocycles. The molecule has 0 amide bonds. The van der Waals surface area contributed by atoms with Crippen LogP contribution in [0.25, 0.3) is 0 Å². The molecule has 0 aromatic carbocycles. The van der Waals surface area contributed by atoms with Crippen molar-refractivity contribution in [1.29, 1.82) is 0 Å². The summed E-state index contributed by atoms with van der Waals surface area (Å²) < 4.78 is 0. The number of nitrogens with zero attached hydrogens (tertiary/aromatic N) is 2. The predicted octanol–water partition coefficient (Wildman–Crippen LogP) is 2.68. The molecule has 0 unspecified atom stereocenters. The summed E-state index contributed by atoms with van der Waals surface area (Å²) in [4.78, 5) is 8.61. The molecular formula is C12H15N3. The Balaban J connectivity index is 2.38. The molecule has 0 radical (unpaired) electrons. The molecule has 2 rings (SSSR count). The average Bonchev–Trinajstić information content (AvgIpc) is 2.29. The minimum atomic E-state index is 0.687. The highest BCUT2D eigenvalue weighted by Crippen LogP contribution is 2.15. The maximum atomic E-state index is 4.43. The lowest BCUT2D eigenvalue weighted by Gasteiger charge is -2.04. The van der Waals surface area contributed by atoms with Gasteiger partial charge in [0.2, 0.25) is 5.95 Å². The third-order valence-corrected chi connectivity index (χ3v) is 2.46. The molecule has 78 valence electrons. The highest BCUT2D eigenvalue weighted by atomic mass is 15.1. The molecule has 0 saturated carbocycles. The van der Waals surface area contributed by atoms with E-state index in [4.69, 9.17) is 0 Å². The van der Waals surface area contributed by atoms with Crippen molar-refractivity contribution < 1.29 is 0 Å². The van der Waals surface area contributed by atoms with Gasteiger partial charge in [0, 0.05) is 17.6 Å². The van der Waals surface area contributed by atoms with Crippen LogP contribution in [0.15, 0.2) is 35.7 Å². The molecule has 2 bridgehead atoms. The van der Waals surface area contributed by atoms with Crippen molar-refractivity contribution in [3.8, 4) is 0 Å². The highest BCUT2D eigenvalue weighted by Gasteiger charge is 2.04. The van der Waals surface area contributed by atoms with Crippen molar-refractivity contribution in [2.24, 2.45) is 0 Å². The van der Waals surface area contributed by atoms with Crippen LogP contribution in [0.1, 0.15) is 26.0 Å². The summed E-state index contributed by atoms with van der Waals surface area (Å²) in [5.41, 5.74) is 3.52. The van der Waals surface area contributed by atoms with Crippen molar-refractivity contribution in [3.05, 3.63) is 41.4 Å². The van der Waals surface area contributed by atoms with E-state index in [1.807, 2.05) is 19.1 Å². The van der Waals surface area contributed by atoms with E-state index < -0.39 is 0 Å². The Morgan fingerprint density at radius 2 is 2.27 bits per heavy atom. The number of hydrogen-bond donors (Lipinski definition) is 1. The molecule has 2 heterocycles. The second-order valence-corrected chi connectivity index (χ2v) is 3.73. The van der Waals surface area contributed by atoms with Gasteiger partial charge in [-0.05, 0) is 38.8 Å². The van der Waals surface area contributed by atoms with Crippen LogP contribution in [-0.4, -0.2) is 9.97 Å². The van der Waals surface area contributed by atoms with E-state index in [1.165, 1.54) is 5.57 Å². The van der Waals surface area contributed by atoms with Gasteiger partial charge >= 0.3 is 0 Å². The first-order valence-electron chi connectivity index (χ1n) is 5.20. The first-order chi connectivity index (χ1) is 7.28. The summed E-state index contributed by atoms with van der Waals surface area (Å²) in [6, 6.07) is 1.97. The Kier molecular flexibility index (Phi) is 2.81. The molecule has 1 N–H and O–H groups in total. The zero-order valence-corrected chi connectivity index (χ0v) is 9.12. The number of aromatic nitrogens is 2.